The van der Waals surface area contributed by atoms with E-state index in [0.717, 1.165) is 0 Å². The quantitative estimate of drug-likeness (QED) is 0.102. The first-order valence-corrected chi connectivity index (χ1v) is 14.6. The van der Waals surface area contributed by atoms with E-state index in [9.17, 15) is 0 Å². The fraction of sp³-hybridized carbons (Fsp3) is 1.00. The van der Waals surface area contributed by atoms with Crippen LogP contribution in [0, 0.1) is 0 Å². The van der Waals surface area contributed by atoms with E-state index in [1.54, 1.807) is 0 Å². The van der Waals surface area contributed by atoms with Gasteiger partial charge in [-0.1, -0.05) is 97.8 Å². The summed E-state index contributed by atoms with van der Waals surface area (Å²) in [7, 11) is -2.11. The van der Waals surface area contributed by atoms with Crippen molar-refractivity contribution in [3.8, 4) is 0 Å². The zero-order valence-electron chi connectivity index (χ0n) is 21.4. The molecule has 2 N–H and O–H groups in total. The lowest BCUT2D eigenvalue weighted by atomic mass is 10.1. The van der Waals surface area contributed by atoms with Gasteiger partial charge in [0.1, 0.15) is 0 Å². The number of nitrogens with zero attached hydrogens (tertiary/aromatic N) is 1. The fourth-order valence-corrected chi connectivity index (χ4v) is 4.16. The van der Waals surface area contributed by atoms with Crippen molar-refractivity contribution in [2.45, 2.75) is 136 Å². The number of hydrogen-bond acceptors (Lipinski definition) is 2. The summed E-state index contributed by atoms with van der Waals surface area (Å²) in [6.45, 7) is 11.2. The summed E-state index contributed by atoms with van der Waals surface area (Å²) in [6.07, 6.45) is 25.9. The molecular formula is C25H56NO4S+. The first-order chi connectivity index (χ1) is 14.7. The average Bonchev–Trinajstić information content (AvgIpc) is 2.69. The molecule has 0 bridgehead atoms. The van der Waals surface area contributed by atoms with Gasteiger partial charge in [-0.3, -0.25) is 9.11 Å². The predicted octanol–water partition coefficient (Wildman–Crippen LogP) is 7.86. The minimum Gasteiger partial charge on any atom is -0.326 e. The molecule has 0 atom stereocenters. The molecular weight excluding hydrogens is 410 g/mol. The second-order valence-corrected chi connectivity index (χ2v) is 10.4. The molecule has 0 aliphatic carbocycles. The van der Waals surface area contributed by atoms with Gasteiger partial charge in [-0.2, -0.15) is 8.42 Å². The van der Waals surface area contributed by atoms with Crippen molar-refractivity contribution in [3.63, 3.8) is 0 Å². The van der Waals surface area contributed by atoms with Crippen LogP contribution in [-0.2, 0) is 10.4 Å². The monoisotopic (exact) mass is 466 g/mol. The maximum atomic E-state index is 8.74. The van der Waals surface area contributed by atoms with Gasteiger partial charge in [0.05, 0.1) is 26.7 Å². The van der Waals surface area contributed by atoms with E-state index in [1.807, 2.05) is 0 Å². The molecule has 0 spiro atoms. The molecule has 0 rings (SSSR count). The highest BCUT2D eigenvalue weighted by Gasteiger charge is 2.20. The summed E-state index contributed by atoms with van der Waals surface area (Å²) < 4.78 is 32.9. The minimum absolute atomic E-state index is 1.36. The summed E-state index contributed by atoms with van der Waals surface area (Å²) in [6, 6.07) is 0. The fourth-order valence-electron chi connectivity index (χ4n) is 4.16. The van der Waals surface area contributed by atoms with Crippen LogP contribution in [0.5, 0.6) is 0 Å². The summed E-state index contributed by atoms with van der Waals surface area (Å²) in [5.41, 5.74) is 0. The van der Waals surface area contributed by atoms with Crippen LogP contribution in [0.4, 0.5) is 0 Å². The highest BCUT2D eigenvalue weighted by atomic mass is 32.3. The zero-order chi connectivity index (χ0) is 23.8. The largest absolute Gasteiger partial charge is 0.394 e. The third-order valence-electron chi connectivity index (χ3n) is 6.15. The van der Waals surface area contributed by atoms with Gasteiger partial charge in [-0.15, -0.1) is 0 Å². The molecule has 6 heteroatoms. The second-order valence-electron chi connectivity index (χ2n) is 9.54. The first kappa shape index (κ1) is 33.0. The smallest absolute Gasteiger partial charge is 0.326 e. The van der Waals surface area contributed by atoms with Gasteiger partial charge >= 0.3 is 10.4 Å². The standard InChI is InChI=1S/C25H54N.H2O4S/c1-5-8-11-14-17-20-23-26(4,24-21-18-15-12-9-6-2)25-22-19-16-13-10-7-3;1-5(2,3)4/h5-25H2,1-4H3;(H2,1,2,3,4)/q+1;. The van der Waals surface area contributed by atoms with Gasteiger partial charge in [0.25, 0.3) is 0 Å². The van der Waals surface area contributed by atoms with Gasteiger partial charge in [0.15, 0.2) is 0 Å². The zero-order valence-corrected chi connectivity index (χ0v) is 22.2. The van der Waals surface area contributed by atoms with Crippen molar-refractivity contribution >= 4 is 10.4 Å². The van der Waals surface area contributed by atoms with E-state index < -0.39 is 10.4 Å². The molecule has 0 aliphatic rings. The molecule has 190 valence electrons. The van der Waals surface area contributed by atoms with Crippen molar-refractivity contribution in [3.05, 3.63) is 0 Å². The molecule has 0 heterocycles. The Bertz CT molecular complexity index is 406. The van der Waals surface area contributed by atoms with Gasteiger partial charge in [-0.25, -0.2) is 0 Å². The third-order valence-corrected chi connectivity index (χ3v) is 6.15. The Morgan fingerprint density at radius 3 is 0.903 bits per heavy atom. The van der Waals surface area contributed by atoms with E-state index in [0.29, 0.717) is 0 Å². The topological polar surface area (TPSA) is 74.6 Å². The van der Waals surface area contributed by atoms with E-state index in [2.05, 4.69) is 27.8 Å². The molecule has 0 saturated carbocycles. The molecule has 0 amide bonds. The second kappa shape index (κ2) is 23.0. The minimum atomic E-state index is -4.67. The summed E-state index contributed by atoms with van der Waals surface area (Å²) >= 11 is 0. The maximum Gasteiger partial charge on any atom is 0.394 e. The van der Waals surface area contributed by atoms with Crippen molar-refractivity contribution < 1.29 is 22.0 Å². The Labute approximate surface area is 195 Å². The Hall–Kier alpha value is -0.170. The Kier molecular flexibility index (Phi) is 24.5. The lowest BCUT2D eigenvalue weighted by Crippen LogP contribution is -2.46. The van der Waals surface area contributed by atoms with Crippen LogP contribution in [0.2, 0.25) is 0 Å². The number of hydrogen-bond donors (Lipinski definition) is 2. The number of rotatable bonds is 21. The lowest BCUT2D eigenvalue weighted by molar-refractivity contribution is -0.910. The summed E-state index contributed by atoms with van der Waals surface area (Å²) in [5, 5.41) is 0. The van der Waals surface area contributed by atoms with Crippen LogP contribution < -0.4 is 0 Å². The highest BCUT2D eigenvalue weighted by Crippen LogP contribution is 2.16. The lowest BCUT2D eigenvalue weighted by Gasteiger charge is -2.35. The molecule has 0 aromatic heterocycles. The molecule has 0 aliphatic heterocycles. The van der Waals surface area contributed by atoms with Crippen LogP contribution in [0.1, 0.15) is 136 Å². The molecule has 0 aromatic rings. The van der Waals surface area contributed by atoms with Gasteiger partial charge in [0, 0.05) is 0 Å². The molecule has 0 unspecified atom stereocenters. The van der Waals surface area contributed by atoms with Gasteiger partial charge in [0.2, 0.25) is 0 Å². The van der Waals surface area contributed by atoms with Gasteiger partial charge in [-0.05, 0) is 38.5 Å². The third kappa shape index (κ3) is 32.1. The van der Waals surface area contributed by atoms with Crippen molar-refractivity contribution in [1.29, 1.82) is 0 Å². The van der Waals surface area contributed by atoms with Crippen molar-refractivity contribution in [2.75, 3.05) is 26.7 Å². The molecule has 31 heavy (non-hydrogen) atoms. The van der Waals surface area contributed by atoms with E-state index in [4.69, 9.17) is 17.5 Å². The molecule has 0 saturated heterocycles. The Morgan fingerprint density at radius 2 is 0.677 bits per heavy atom. The summed E-state index contributed by atoms with van der Waals surface area (Å²) in [5.74, 6) is 0. The van der Waals surface area contributed by atoms with Crippen LogP contribution >= 0.6 is 0 Å². The Morgan fingerprint density at radius 1 is 0.484 bits per heavy atom. The van der Waals surface area contributed by atoms with Crippen LogP contribution in [0.15, 0.2) is 0 Å². The number of unbranched alkanes of at least 4 members (excludes halogenated alkanes) is 15. The van der Waals surface area contributed by atoms with Crippen molar-refractivity contribution in [1.82, 2.24) is 0 Å². The van der Waals surface area contributed by atoms with Crippen molar-refractivity contribution in [2.24, 2.45) is 0 Å². The van der Waals surface area contributed by atoms with E-state index in [1.165, 1.54) is 140 Å². The van der Waals surface area contributed by atoms with Crippen LogP contribution in [0.25, 0.3) is 0 Å². The van der Waals surface area contributed by atoms with Crippen LogP contribution in [-0.4, -0.2) is 48.7 Å². The summed E-state index contributed by atoms with van der Waals surface area (Å²) in [4.78, 5) is 0. The maximum absolute atomic E-state index is 8.74. The SMILES string of the molecule is CCCCCCCC[N+](C)(CCCCCCCC)CCCCCCCC.O=S(=O)(O)O. The van der Waals surface area contributed by atoms with E-state index in [-0.39, 0.29) is 0 Å². The highest BCUT2D eigenvalue weighted by molar-refractivity contribution is 7.79. The average molecular weight is 467 g/mol. The van der Waals surface area contributed by atoms with Gasteiger partial charge < -0.3 is 4.48 Å². The molecule has 5 nitrogen and oxygen atoms in total. The first-order valence-electron chi connectivity index (χ1n) is 13.2. The Balaban J connectivity index is 0. The molecule has 0 aromatic carbocycles. The number of quaternary nitrogens is 1. The molecule has 0 fully saturated rings. The normalized spacial score (nSPS) is 11.9. The van der Waals surface area contributed by atoms with E-state index >= 15 is 0 Å². The van der Waals surface area contributed by atoms with Crippen LogP contribution in [0.3, 0.4) is 0 Å². The predicted molar refractivity (Wildman–Crippen MR) is 135 cm³/mol. The molecule has 0 radical (unpaired) electrons.